The van der Waals surface area contributed by atoms with Crippen molar-refractivity contribution in [2.45, 2.75) is 6.42 Å². The second-order valence-corrected chi connectivity index (χ2v) is 6.41. The highest BCUT2D eigenvalue weighted by atomic mass is 35.5. The third-order valence-corrected chi connectivity index (χ3v) is 4.67. The largest absolute Gasteiger partial charge is 0.356 e. The number of nitrogens with zero attached hydrogens (tertiary/aromatic N) is 3. The zero-order valence-electron chi connectivity index (χ0n) is 13.6. The zero-order chi connectivity index (χ0) is 17.1. The maximum atomic E-state index is 12.4. The van der Waals surface area contributed by atoms with Gasteiger partial charge in [0.05, 0.1) is 12.0 Å². The van der Waals surface area contributed by atoms with Crippen LogP contribution in [0.3, 0.4) is 0 Å². The van der Waals surface area contributed by atoms with Gasteiger partial charge in [-0.05, 0) is 17.7 Å². The smallest absolute Gasteiger partial charge is 0.255 e. The minimum atomic E-state index is 0.0220. The molecule has 1 aromatic heterocycles. The van der Waals surface area contributed by atoms with Gasteiger partial charge in [-0.1, -0.05) is 29.8 Å². The summed E-state index contributed by atoms with van der Waals surface area (Å²) in [4.78, 5) is 28.5. The van der Waals surface area contributed by atoms with Gasteiger partial charge in [-0.25, -0.2) is 0 Å². The van der Waals surface area contributed by atoms with Gasteiger partial charge in [-0.15, -0.1) is 0 Å². The van der Waals surface area contributed by atoms with Crippen LogP contribution < -0.4 is 0 Å². The summed E-state index contributed by atoms with van der Waals surface area (Å²) in [5, 5.41) is 0.615. The highest BCUT2D eigenvalue weighted by molar-refractivity contribution is 6.31. The highest BCUT2D eigenvalue weighted by Gasteiger charge is 2.25. The summed E-state index contributed by atoms with van der Waals surface area (Å²) in [6.07, 6.45) is 3.97. The molecule has 0 N–H and O–H groups in total. The van der Waals surface area contributed by atoms with Crippen molar-refractivity contribution in [2.75, 3.05) is 26.2 Å². The van der Waals surface area contributed by atoms with Gasteiger partial charge < -0.3 is 14.4 Å². The molecule has 0 unspecified atom stereocenters. The molecule has 1 aliphatic rings. The second-order valence-electron chi connectivity index (χ2n) is 6.01. The third-order valence-electron chi connectivity index (χ3n) is 4.30. The molecule has 0 spiro atoms. The number of aryl methyl sites for hydroxylation is 1. The van der Waals surface area contributed by atoms with Gasteiger partial charge in [-0.3, -0.25) is 9.59 Å². The van der Waals surface area contributed by atoms with Crippen LogP contribution in [0.2, 0.25) is 5.02 Å². The number of piperazine rings is 1. The molecule has 2 heterocycles. The molecule has 24 heavy (non-hydrogen) atoms. The molecule has 1 saturated heterocycles. The molecule has 126 valence electrons. The first-order valence-corrected chi connectivity index (χ1v) is 8.35. The van der Waals surface area contributed by atoms with Crippen molar-refractivity contribution < 1.29 is 9.59 Å². The van der Waals surface area contributed by atoms with Gasteiger partial charge in [0.2, 0.25) is 5.91 Å². The fourth-order valence-corrected chi connectivity index (χ4v) is 3.09. The van der Waals surface area contributed by atoms with E-state index in [9.17, 15) is 9.59 Å². The second kappa shape index (κ2) is 7.09. The van der Waals surface area contributed by atoms with Crippen LogP contribution >= 0.6 is 11.6 Å². The fourth-order valence-electron chi connectivity index (χ4n) is 2.89. The van der Waals surface area contributed by atoms with E-state index in [1.165, 1.54) is 0 Å². The summed E-state index contributed by atoms with van der Waals surface area (Å²) in [6.45, 7) is 2.23. The quantitative estimate of drug-likeness (QED) is 0.856. The molecule has 5 nitrogen and oxygen atoms in total. The Hall–Kier alpha value is -2.27. The average molecular weight is 346 g/mol. The number of hydrogen-bond acceptors (Lipinski definition) is 2. The summed E-state index contributed by atoms with van der Waals surface area (Å²) >= 11 is 6.12. The molecule has 1 aromatic carbocycles. The molecule has 6 heteroatoms. The number of carbonyl (C=O) groups excluding carboxylic acids is 2. The molecule has 1 aliphatic heterocycles. The molecule has 2 amide bonds. The van der Waals surface area contributed by atoms with E-state index in [4.69, 9.17) is 11.6 Å². The Labute approximate surface area is 146 Å². The molecule has 0 radical (unpaired) electrons. The van der Waals surface area contributed by atoms with Crippen LogP contribution in [0.15, 0.2) is 42.7 Å². The van der Waals surface area contributed by atoms with Gasteiger partial charge >= 0.3 is 0 Å². The van der Waals surface area contributed by atoms with E-state index in [2.05, 4.69) is 0 Å². The Morgan fingerprint density at radius 2 is 1.71 bits per heavy atom. The number of benzene rings is 1. The SMILES string of the molecule is Cn1ccc(C(=O)N2CCN(C(=O)Cc3ccccc3Cl)CC2)c1. The van der Waals surface area contributed by atoms with Crippen molar-refractivity contribution in [3.63, 3.8) is 0 Å². The molecule has 1 fully saturated rings. The first-order chi connectivity index (χ1) is 11.5. The molecule has 2 aromatic rings. The first-order valence-electron chi connectivity index (χ1n) is 7.97. The standard InChI is InChI=1S/C18H20ClN3O2/c1-20-7-6-15(13-20)18(24)22-10-8-21(9-11-22)17(23)12-14-4-2-3-5-16(14)19/h2-7,13H,8-12H2,1H3. The van der Waals surface area contributed by atoms with Gasteiger partial charge in [0, 0.05) is 50.6 Å². The maximum absolute atomic E-state index is 12.4. The summed E-state index contributed by atoms with van der Waals surface area (Å²) in [6, 6.07) is 9.21. The van der Waals surface area contributed by atoms with Gasteiger partial charge in [-0.2, -0.15) is 0 Å². The van der Waals surface area contributed by atoms with Gasteiger partial charge in [0.15, 0.2) is 0 Å². The van der Waals surface area contributed by atoms with Crippen LogP contribution in [0.5, 0.6) is 0 Å². The molecule has 0 aliphatic carbocycles. The minimum absolute atomic E-state index is 0.0220. The van der Waals surface area contributed by atoms with Crippen molar-refractivity contribution in [3.05, 3.63) is 58.9 Å². The lowest BCUT2D eigenvalue weighted by molar-refractivity contribution is -0.131. The van der Waals surface area contributed by atoms with Crippen LogP contribution in [0.25, 0.3) is 0 Å². The van der Waals surface area contributed by atoms with E-state index >= 15 is 0 Å². The van der Waals surface area contributed by atoms with E-state index in [1.807, 2.05) is 48.3 Å². The van der Waals surface area contributed by atoms with Crippen LogP contribution in [-0.2, 0) is 18.3 Å². The summed E-state index contributed by atoms with van der Waals surface area (Å²) in [7, 11) is 1.89. The molecule has 0 bridgehead atoms. The number of halogens is 1. The van der Waals surface area contributed by atoms with E-state index in [-0.39, 0.29) is 11.8 Å². The number of rotatable bonds is 3. The van der Waals surface area contributed by atoms with E-state index in [0.717, 1.165) is 5.56 Å². The normalized spacial score (nSPS) is 14.8. The number of aromatic nitrogens is 1. The van der Waals surface area contributed by atoms with Crippen molar-refractivity contribution in [1.29, 1.82) is 0 Å². The van der Waals surface area contributed by atoms with Crippen molar-refractivity contribution in [1.82, 2.24) is 14.4 Å². The molecular formula is C18H20ClN3O2. The van der Waals surface area contributed by atoms with Gasteiger partial charge in [0.25, 0.3) is 5.91 Å². The van der Waals surface area contributed by atoms with Crippen LogP contribution in [0.1, 0.15) is 15.9 Å². The molecular weight excluding hydrogens is 326 g/mol. The monoisotopic (exact) mass is 345 g/mol. The van der Waals surface area contributed by atoms with Crippen molar-refractivity contribution in [2.24, 2.45) is 7.05 Å². The lowest BCUT2D eigenvalue weighted by atomic mass is 10.1. The van der Waals surface area contributed by atoms with E-state index in [0.29, 0.717) is 43.2 Å². The van der Waals surface area contributed by atoms with Crippen molar-refractivity contribution in [3.8, 4) is 0 Å². The predicted molar refractivity (Wildman–Crippen MR) is 93.1 cm³/mol. The number of hydrogen-bond donors (Lipinski definition) is 0. The van der Waals surface area contributed by atoms with E-state index < -0.39 is 0 Å². The maximum Gasteiger partial charge on any atom is 0.255 e. The Kier molecular flexibility index (Phi) is 4.90. The Morgan fingerprint density at radius 1 is 1.04 bits per heavy atom. The number of carbonyl (C=O) groups is 2. The molecule has 3 rings (SSSR count). The van der Waals surface area contributed by atoms with Crippen molar-refractivity contribution >= 4 is 23.4 Å². The zero-order valence-corrected chi connectivity index (χ0v) is 14.4. The highest BCUT2D eigenvalue weighted by Crippen LogP contribution is 2.17. The Bertz CT molecular complexity index is 748. The topological polar surface area (TPSA) is 45.6 Å². The van der Waals surface area contributed by atoms with Crippen LogP contribution in [-0.4, -0.2) is 52.4 Å². The molecule has 0 saturated carbocycles. The summed E-state index contributed by atoms with van der Waals surface area (Å²) < 4.78 is 1.86. The molecule has 0 atom stereocenters. The van der Waals surface area contributed by atoms with Crippen LogP contribution in [0, 0.1) is 0 Å². The lowest BCUT2D eigenvalue weighted by Crippen LogP contribution is -2.51. The Morgan fingerprint density at radius 3 is 2.33 bits per heavy atom. The average Bonchev–Trinajstić information content (AvgIpc) is 3.03. The lowest BCUT2D eigenvalue weighted by Gasteiger charge is -2.34. The summed E-state index contributed by atoms with van der Waals surface area (Å²) in [5.74, 6) is 0.0729. The Balaban J connectivity index is 1.56. The summed E-state index contributed by atoms with van der Waals surface area (Å²) in [5.41, 5.74) is 1.53. The first kappa shape index (κ1) is 16.6. The third kappa shape index (κ3) is 3.62. The number of amides is 2. The predicted octanol–water partition coefficient (Wildman–Crippen LogP) is 2.21. The van der Waals surface area contributed by atoms with Gasteiger partial charge in [0.1, 0.15) is 0 Å². The van der Waals surface area contributed by atoms with E-state index in [1.54, 1.807) is 15.9 Å². The fraction of sp³-hybridized carbons (Fsp3) is 0.333. The minimum Gasteiger partial charge on any atom is -0.356 e. The van der Waals surface area contributed by atoms with Crippen LogP contribution in [0.4, 0.5) is 0 Å².